The molecule has 3 N–H and O–H groups in total. The molecular formula is C14H11ClN6O3S. The number of carbonyl (C=O) groups is 1. The lowest BCUT2D eigenvalue weighted by Crippen LogP contribution is -2.28. The largest absolute Gasteiger partial charge is 0.331 e. The van der Waals surface area contributed by atoms with Crippen LogP contribution >= 0.6 is 22.9 Å². The molecule has 2 heterocycles. The molecule has 0 saturated heterocycles. The predicted octanol–water partition coefficient (Wildman–Crippen LogP) is 3.42. The molecule has 2 aromatic heterocycles. The Morgan fingerprint density at radius 2 is 2.24 bits per heavy atom. The van der Waals surface area contributed by atoms with Gasteiger partial charge in [0.2, 0.25) is 0 Å². The Bertz CT molecular complexity index is 911. The number of thiophene rings is 1. The van der Waals surface area contributed by atoms with Gasteiger partial charge >= 0.3 is 6.03 Å². The van der Waals surface area contributed by atoms with Crippen molar-refractivity contribution in [2.45, 2.75) is 6.54 Å². The van der Waals surface area contributed by atoms with Crippen molar-refractivity contribution in [1.82, 2.24) is 20.5 Å². The first-order chi connectivity index (χ1) is 12.0. The van der Waals surface area contributed by atoms with Gasteiger partial charge in [0, 0.05) is 11.8 Å². The number of carbonyl (C=O) groups excluding carboxylic acids is 1. The number of halogens is 1. The molecule has 0 saturated carbocycles. The zero-order valence-corrected chi connectivity index (χ0v) is 14.1. The van der Waals surface area contributed by atoms with E-state index in [9.17, 15) is 14.9 Å². The third-order valence-electron chi connectivity index (χ3n) is 3.09. The van der Waals surface area contributed by atoms with Crippen molar-refractivity contribution in [3.05, 3.63) is 56.7 Å². The fourth-order valence-corrected chi connectivity index (χ4v) is 2.80. The molecule has 0 spiro atoms. The smallest absolute Gasteiger partial charge is 0.319 e. The number of amides is 2. The lowest BCUT2D eigenvalue weighted by Gasteiger charge is -2.06. The van der Waals surface area contributed by atoms with Crippen LogP contribution in [0.4, 0.5) is 16.2 Å². The number of hydrogen-bond acceptors (Lipinski definition) is 6. The molecule has 0 aliphatic rings. The minimum atomic E-state index is -0.619. The summed E-state index contributed by atoms with van der Waals surface area (Å²) in [5.74, 6) is 1.04. The van der Waals surface area contributed by atoms with E-state index >= 15 is 0 Å². The summed E-state index contributed by atoms with van der Waals surface area (Å²) in [5.41, 5.74) is -0.0271. The third-order valence-corrected chi connectivity index (χ3v) is 4.28. The van der Waals surface area contributed by atoms with Crippen molar-refractivity contribution < 1.29 is 9.72 Å². The zero-order valence-electron chi connectivity index (χ0n) is 12.5. The number of nitrogens with one attached hydrogen (secondary N) is 3. The fraction of sp³-hybridized carbons (Fsp3) is 0.0714. The normalized spacial score (nSPS) is 10.4. The van der Waals surface area contributed by atoms with Gasteiger partial charge in [-0.2, -0.15) is 5.10 Å². The highest BCUT2D eigenvalue weighted by molar-refractivity contribution is 7.13. The average Bonchev–Trinajstić information content (AvgIpc) is 3.25. The van der Waals surface area contributed by atoms with Crippen LogP contribution in [-0.2, 0) is 6.54 Å². The third kappa shape index (κ3) is 4.11. The molecule has 1 aromatic carbocycles. The van der Waals surface area contributed by atoms with E-state index in [4.69, 9.17) is 11.6 Å². The Morgan fingerprint density at radius 1 is 1.40 bits per heavy atom. The molecule has 128 valence electrons. The first kappa shape index (κ1) is 16.9. The molecule has 0 bridgehead atoms. The van der Waals surface area contributed by atoms with E-state index in [0.29, 0.717) is 11.6 Å². The SMILES string of the molecule is O=C(NCc1nc(-c2cccs2)n[nH]1)Nc1ccc(Cl)c([N+](=O)[O-])c1. The minimum Gasteiger partial charge on any atom is -0.331 e. The van der Waals surface area contributed by atoms with Crippen molar-refractivity contribution >= 4 is 40.3 Å². The minimum absolute atomic E-state index is 0.00118. The van der Waals surface area contributed by atoms with Crippen LogP contribution in [0.5, 0.6) is 0 Å². The molecule has 2 amide bonds. The molecule has 0 aliphatic carbocycles. The summed E-state index contributed by atoms with van der Waals surface area (Å²) in [6, 6.07) is 7.26. The summed E-state index contributed by atoms with van der Waals surface area (Å²) in [5, 5.41) is 24.7. The number of H-pyrrole nitrogens is 1. The van der Waals surface area contributed by atoms with Crippen LogP contribution < -0.4 is 10.6 Å². The summed E-state index contributed by atoms with van der Waals surface area (Å²) in [4.78, 5) is 27.3. The van der Waals surface area contributed by atoms with E-state index in [0.717, 1.165) is 4.88 Å². The number of anilines is 1. The topological polar surface area (TPSA) is 126 Å². The Hall–Kier alpha value is -2.98. The van der Waals surface area contributed by atoms with E-state index in [-0.39, 0.29) is 22.9 Å². The van der Waals surface area contributed by atoms with E-state index in [1.165, 1.54) is 29.5 Å². The van der Waals surface area contributed by atoms with Gasteiger partial charge in [-0.25, -0.2) is 9.78 Å². The molecule has 0 fully saturated rings. The van der Waals surface area contributed by atoms with Crippen molar-refractivity contribution in [2.24, 2.45) is 0 Å². The van der Waals surface area contributed by atoms with Gasteiger partial charge in [-0.05, 0) is 23.6 Å². The summed E-state index contributed by atoms with van der Waals surface area (Å²) < 4.78 is 0. The Morgan fingerprint density at radius 3 is 2.96 bits per heavy atom. The summed E-state index contributed by atoms with van der Waals surface area (Å²) in [6.45, 7) is 0.125. The molecule has 3 aromatic rings. The molecular weight excluding hydrogens is 368 g/mol. The predicted molar refractivity (Wildman–Crippen MR) is 93.7 cm³/mol. The Labute approximate surface area is 150 Å². The second-order valence-corrected chi connectivity index (χ2v) is 6.17. The van der Waals surface area contributed by atoms with Crippen LogP contribution in [0, 0.1) is 10.1 Å². The van der Waals surface area contributed by atoms with Gasteiger partial charge in [0.25, 0.3) is 5.69 Å². The molecule has 11 heteroatoms. The number of nitrogens with zero attached hydrogens (tertiary/aromatic N) is 3. The van der Waals surface area contributed by atoms with E-state index in [1.54, 1.807) is 0 Å². The number of rotatable bonds is 5. The molecule has 9 nitrogen and oxygen atoms in total. The number of hydrogen-bond donors (Lipinski definition) is 3. The maximum absolute atomic E-state index is 11.9. The van der Waals surface area contributed by atoms with Gasteiger partial charge in [-0.1, -0.05) is 17.7 Å². The van der Waals surface area contributed by atoms with Crippen molar-refractivity contribution in [3.8, 4) is 10.7 Å². The molecule has 25 heavy (non-hydrogen) atoms. The molecule has 0 atom stereocenters. The number of nitro groups is 1. The second kappa shape index (κ2) is 7.28. The molecule has 0 radical (unpaired) electrons. The van der Waals surface area contributed by atoms with Gasteiger partial charge in [-0.3, -0.25) is 15.2 Å². The summed E-state index contributed by atoms with van der Waals surface area (Å²) in [7, 11) is 0. The maximum atomic E-state index is 11.9. The van der Waals surface area contributed by atoms with Crippen molar-refractivity contribution in [1.29, 1.82) is 0 Å². The number of urea groups is 1. The summed E-state index contributed by atoms with van der Waals surface area (Å²) in [6.07, 6.45) is 0. The van der Waals surface area contributed by atoms with E-state index < -0.39 is 11.0 Å². The molecule has 0 aliphatic heterocycles. The van der Waals surface area contributed by atoms with Gasteiger partial charge in [0.1, 0.15) is 10.8 Å². The monoisotopic (exact) mass is 378 g/mol. The van der Waals surface area contributed by atoms with Gasteiger partial charge in [0.15, 0.2) is 5.82 Å². The zero-order chi connectivity index (χ0) is 17.8. The standard InChI is InChI=1S/C14H11ClN6O3S/c15-9-4-3-8(6-10(9)21(23)24)17-14(22)16-7-12-18-13(20-19-12)11-2-1-5-25-11/h1-6H,7H2,(H2,16,17,22)(H,18,19,20). The highest BCUT2D eigenvalue weighted by Gasteiger charge is 2.14. The quantitative estimate of drug-likeness (QED) is 0.463. The van der Waals surface area contributed by atoms with Gasteiger partial charge in [-0.15, -0.1) is 11.3 Å². The lowest BCUT2D eigenvalue weighted by atomic mass is 10.3. The highest BCUT2D eigenvalue weighted by atomic mass is 35.5. The molecule has 0 unspecified atom stereocenters. The number of aromatic nitrogens is 3. The first-order valence-electron chi connectivity index (χ1n) is 6.97. The average molecular weight is 379 g/mol. The van der Waals surface area contributed by atoms with Crippen LogP contribution in [0.25, 0.3) is 10.7 Å². The Balaban J connectivity index is 1.58. The lowest BCUT2D eigenvalue weighted by molar-refractivity contribution is -0.384. The number of aromatic amines is 1. The first-order valence-corrected chi connectivity index (χ1v) is 8.22. The van der Waals surface area contributed by atoms with Crippen LogP contribution in [0.2, 0.25) is 5.02 Å². The van der Waals surface area contributed by atoms with E-state index in [2.05, 4.69) is 25.8 Å². The summed E-state index contributed by atoms with van der Waals surface area (Å²) >= 11 is 7.23. The Kier molecular flexibility index (Phi) is 4.91. The van der Waals surface area contributed by atoms with Crippen LogP contribution in [0.3, 0.4) is 0 Å². The number of nitro benzene ring substituents is 1. The number of benzene rings is 1. The van der Waals surface area contributed by atoms with Gasteiger partial charge < -0.3 is 10.6 Å². The van der Waals surface area contributed by atoms with Crippen LogP contribution in [-0.4, -0.2) is 26.1 Å². The highest BCUT2D eigenvalue weighted by Crippen LogP contribution is 2.27. The second-order valence-electron chi connectivity index (χ2n) is 4.81. The fourth-order valence-electron chi connectivity index (χ4n) is 1.96. The van der Waals surface area contributed by atoms with Crippen molar-refractivity contribution in [2.75, 3.05) is 5.32 Å². The van der Waals surface area contributed by atoms with Crippen LogP contribution in [0.1, 0.15) is 5.82 Å². The van der Waals surface area contributed by atoms with Crippen molar-refractivity contribution in [3.63, 3.8) is 0 Å². The van der Waals surface area contributed by atoms with E-state index in [1.807, 2.05) is 17.5 Å². The maximum Gasteiger partial charge on any atom is 0.319 e. The van der Waals surface area contributed by atoms with Gasteiger partial charge in [0.05, 0.1) is 16.3 Å². The molecule has 3 rings (SSSR count). The van der Waals surface area contributed by atoms with Crippen LogP contribution in [0.15, 0.2) is 35.7 Å².